The third-order valence-corrected chi connectivity index (χ3v) is 3.22. The predicted octanol–water partition coefficient (Wildman–Crippen LogP) is 1.99. The Hall–Kier alpha value is -3.48. The van der Waals surface area contributed by atoms with Gasteiger partial charge in [0.15, 0.2) is 11.5 Å². The van der Waals surface area contributed by atoms with Crippen LogP contribution in [0.25, 0.3) is 6.08 Å². The number of hydrogen-bond donors (Lipinski definition) is 3. The quantitative estimate of drug-likeness (QED) is 0.453. The number of carbonyl (C=O) groups excluding carboxylic acids is 1. The Kier molecular flexibility index (Phi) is 4.33. The molecule has 2 aromatic carbocycles. The topological polar surface area (TPSA) is 100 Å². The van der Waals surface area contributed by atoms with Crippen LogP contribution in [0.3, 0.4) is 0 Å². The van der Waals surface area contributed by atoms with Gasteiger partial charge in [0.25, 0.3) is 5.91 Å². The second kappa shape index (κ2) is 6.74. The summed E-state index contributed by atoms with van der Waals surface area (Å²) in [5, 5.41) is 22.5. The molecule has 0 unspecified atom stereocenters. The molecule has 1 heterocycles. The van der Waals surface area contributed by atoms with E-state index in [1.807, 2.05) is 0 Å². The lowest BCUT2D eigenvalue weighted by atomic mass is 10.2. The zero-order valence-corrected chi connectivity index (χ0v) is 12.5. The molecule has 2 aromatic rings. The Bertz CT molecular complexity index is 830. The highest BCUT2D eigenvalue weighted by Crippen LogP contribution is 2.32. The lowest BCUT2D eigenvalue weighted by Crippen LogP contribution is -2.14. The van der Waals surface area contributed by atoms with Crippen molar-refractivity contribution in [2.75, 3.05) is 6.79 Å². The second-order valence-corrected chi connectivity index (χ2v) is 4.92. The molecule has 7 nitrogen and oxygen atoms in total. The zero-order chi connectivity index (χ0) is 16.9. The number of nitrogens with zero attached hydrogens (tertiary/aromatic N) is 1. The molecule has 0 spiro atoms. The normalized spacial score (nSPS) is 12.8. The number of aromatic hydroxyl groups is 2. The zero-order valence-electron chi connectivity index (χ0n) is 12.5. The molecule has 0 saturated carbocycles. The molecule has 0 radical (unpaired) electrons. The average molecular weight is 326 g/mol. The molecule has 0 saturated heterocycles. The van der Waals surface area contributed by atoms with Gasteiger partial charge in [-0.25, -0.2) is 5.43 Å². The molecule has 24 heavy (non-hydrogen) atoms. The summed E-state index contributed by atoms with van der Waals surface area (Å²) in [4.78, 5) is 11.7. The highest BCUT2D eigenvalue weighted by Gasteiger charge is 2.12. The molecule has 1 amide bonds. The Morgan fingerprint density at radius 2 is 1.96 bits per heavy atom. The van der Waals surface area contributed by atoms with Gasteiger partial charge >= 0.3 is 0 Å². The average Bonchev–Trinajstić information content (AvgIpc) is 3.02. The lowest BCUT2D eigenvalue weighted by molar-refractivity contribution is -0.116. The van der Waals surface area contributed by atoms with Gasteiger partial charge in [-0.15, -0.1) is 0 Å². The summed E-state index contributed by atoms with van der Waals surface area (Å²) in [5.74, 6) is 0.694. The van der Waals surface area contributed by atoms with E-state index in [1.165, 1.54) is 30.5 Å². The van der Waals surface area contributed by atoms with E-state index in [1.54, 1.807) is 24.3 Å². The summed E-state index contributed by atoms with van der Waals surface area (Å²) in [6.07, 6.45) is 4.22. The van der Waals surface area contributed by atoms with Crippen molar-refractivity contribution in [2.24, 2.45) is 5.10 Å². The SMILES string of the molecule is O=C(C=Cc1ccc2c(c1)OCO2)N/N=C/c1ccc(O)cc1O. The number of benzene rings is 2. The Morgan fingerprint density at radius 1 is 1.12 bits per heavy atom. The van der Waals surface area contributed by atoms with E-state index < -0.39 is 5.91 Å². The van der Waals surface area contributed by atoms with Crippen molar-refractivity contribution < 1.29 is 24.5 Å². The number of amides is 1. The van der Waals surface area contributed by atoms with E-state index in [4.69, 9.17) is 9.47 Å². The summed E-state index contributed by atoms with van der Waals surface area (Å²) in [6, 6.07) is 9.40. The van der Waals surface area contributed by atoms with Crippen molar-refractivity contribution in [3.63, 3.8) is 0 Å². The van der Waals surface area contributed by atoms with Gasteiger partial charge in [-0.1, -0.05) is 6.07 Å². The van der Waals surface area contributed by atoms with Gasteiger partial charge in [0, 0.05) is 17.7 Å². The van der Waals surface area contributed by atoms with Gasteiger partial charge in [0.1, 0.15) is 11.5 Å². The molecular formula is C17H14N2O5. The number of phenolic OH excluding ortho intramolecular Hbond substituents is 2. The summed E-state index contributed by atoms with van der Waals surface area (Å²) in [5.41, 5.74) is 3.46. The molecule has 3 N–H and O–H groups in total. The number of carbonyl (C=O) groups is 1. The molecule has 1 aliphatic heterocycles. The van der Waals surface area contributed by atoms with Crippen LogP contribution in [0.15, 0.2) is 47.6 Å². The molecule has 0 atom stereocenters. The number of rotatable bonds is 4. The Labute approximate surface area is 137 Å². The number of hydrogen-bond acceptors (Lipinski definition) is 6. The third kappa shape index (κ3) is 3.64. The third-order valence-electron chi connectivity index (χ3n) is 3.22. The Morgan fingerprint density at radius 3 is 2.79 bits per heavy atom. The first-order valence-corrected chi connectivity index (χ1v) is 7.04. The molecule has 122 valence electrons. The Balaban J connectivity index is 1.58. The minimum Gasteiger partial charge on any atom is -0.508 e. The van der Waals surface area contributed by atoms with Crippen LogP contribution >= 0.6 is 0 Å². The van der Waals surface area contributed by atoms with Gasteiger partial charge in [-0.3, -0.25) is 4.79 Å². The van der Waals surface area contributed by atoms with Crippen LogP contribution in [0, 0.1) is 0 Å². The molecular weight excluding hydrogens is 312 g/mol. The fourth-order valence-electron chi connectivity index (χ4n) is 2.03. The van der Waals surface area contributed by atoms with Crippen molar-refractivity contribution in [2.45, 2.75) is 0 Å². The van der Waals surface area contributed by atoms with Crippen molar-refractivity contribution in [3.8, 4) is 23.0 Å². The van der Waals surface area contributed by atoms with Gasteiger partial charge < -0.3 is 19.7 Å². The molecule has 7 heteroatoms. The maximum atomic E-state index is 11.7. The van der Waals surface area contributed by atoms with E-state index >= 15 is 0 Å². The first-order valence-electron chi connectivity index (χ1n) is 7.04. The van der Waals surface area contributed by atoms with Crippen LogP contribution in [-0.4, -0.2) is 29.1 Å². The standard InChI is InChI=1S/C17H14N2O5/c20-13-4-3-12(14(21)8-13)9-18-19-17(22)6-2-11-1-5-15-16(7-11)24-10-23-15/h1-9,20-21H,10H2,(H,19,22)/b6-2?,18-9+. The van der Waals surface area contributed by atoms with Crippen LogP contribution in [0.2, 0.25) is 0 Å². The maximum Gasteiger partial charge on any atom is 0.264 e. The van der Waals surface area contributed by atoms with Crippen LogP contribution in [-0.2, 0) is 4.79 Å². The first-order chi connectivity index (χ1) is 11.6. The smallest absolute Gasteiger partial charge is 0.264 e. The van der Waals surface area contributed by atoms with Gasteiger partial charge in [-0.2, -0.15) is 5.10 Å². The largest absolute Gasteiger partial charge is 0.508 e. The molecule has 0 aliphatic carbocycles. The van der Waals surface area contributed by atoms with Crippen LogP contribution < -0.4 is 14.9 Å². The minimum absolute atomic E-state index is 0.0552. The number of nitrogens with one attached hydrogen (secondary N) is 1. The van der Waals surface area contributed by atoms with Crippen molar-refractivity contribution in [1.82, 2.24) is 5.43 Å². The number of fused-ring (bicyclic) bond motifs is 1. The van der Waals surface area contributed by atoms with Crippen LogP contribution in [0.5, 0.6) is 23.0 Å². The summed E-state index contributed by atoms with van der Waals surface area (Å²) >= 11 is 0. The van der Waals surface area contributed by atoms with Gasteiger partial charge in [0.2, 0.25) is 6.79 Å². The highest BCUT2D eigenvalue weighted by atomic mass is 16.7. The molecule has 1 aliphatic rings. The minimum atomic E-state index is -0.429. The molecule has 3 rings (SSSR count). The van der Waals surface area contributed by atoms with E-state index in [2.05, 4.69) is 10.5 Å². The van der Waals surface area contributed by atoms with E-state index in [0.717, 1.165) is 5.56 Å². The van der Waals surface area contributed by atoms with E-state index in [9.17, 15) is 15.0 Å². The molecule has 0 aromatic heterocycles. The molecule has 0 fully saturated rings. The van der Waals surface area contributed by atoms with Crippen molar-refractivity contribution >= 4 is 18.2 Å². The summed E-state index contributed by atoms with van der Waals surface area (Å²) < 4.78 is 10.5. The van der Waals surface area contributed by atoms with E-state index in [0.29, 0.717) is 17.1 Å². The number of ether oxygens (including phenoxy) is 2. The predicted molar refractivity (Wildman–Crippen MR) is 87.1 cm³/mol. The van der Waals surface area contributed by atoms with Crippen LogP contribution in [0.4, 0.5) is 0 Å². The fraction of sp³-hybridized carbons (Fsp3) is 0.0588. The first kappa shape index (κ1) is 15.4. The number of hydrazone groups is 1. The van der Waals surface area contributed by atoms with E-state index in [-0.39, 0.29) is 18.3 Å². The van der Waals surface area contributed by atoms with Gasteiger partial charge in [-0.05, 0) is 35.9 Å². The fourth-order valence-corrected chi connectivity index (χ4v) is 2.03. The van der Waals surface area contributed by atoms with Crippen LogP contribution in [0.1, 0.15) is 11.1 Å². The van der Waals surface area contributed by atoms with Crippen molar-refractivity contribution in [1.29, 1.82) is 0 Å². The lowest BCUT2D eigenvalue weighted by Gasteiger charge is -1.99. The molecule has 0 bridgehead atoms. The summed E-state index contributed by atoms with van der Waals surface area (Å²) in [7, 11) is 0. The van der Waals surface area contributed by atoms with Crippen molar-refractivity contribution in [3.05, 3.63) is 53.6 Å². The highest BCUT2D eigenvalue weighted by molar-refractivity contribution is 5.93. The number of phenols is 2. The van der Waals surface area contributed by atoms with Gasteiger partial charge in [0.05, 0.1) is 6.21 Å². The second-order valence-electron chi connectivity index (χ2n) is 4.92. The maximum absolute atomic E-state index is 11.7. The summed E-state index contributed by atoms with van der Waals surface area (Å²) in [6.45, 7) is 0.196. The monoisotopic (exact) mass is 326 g/mol.